The summed E-state index contributed by atoms with van der Waals surface area (Å²) in [4.78, 5) is 15.2. The number of sulfonamides is 1. The highest BCUT2D eigenvalue weighted by Crippen LogP contribution is 2.24. The van der Waals surface area contributed by atoms with E-state index < -0.39 is 16.1 Å². The molecule has 2 aromatic carbocycles. The molecule has 0 saturated carbocycles. The van der Waals surface area contributed by atoms with E-state index in [1.807, 2.05) is 12.1 Å². The predicted molar refractivity (Wildman–Crippen MR) is 123 cm³/mol. The van der Waals surface area contributed by atoms with Crippen molar-refractivity contribution >= 4 is 21.6 Å². The lowest BCUT2D eigenvalue weighted by Crippen LogP contribution is -2.47. The highest BCUT2D eigenvalue weighted by Gasteiger charge is 2.29. The highest BCUT2D eigenvalue weighted by molar-refractivity contribution is 7.92. The fourth-order valence-electron chi connectivity index (χ4n) is 3.84. The number of hydrogen-bond acceptors (Lipinski definition) is 5. The first kappa shape index (κ1) is 23.1. The van der Waals surface area contributed by atoms with Crippen LogP contribution < -0.4 is 14.4 Å². The Balaban J connectivity index is 1.62. The predicted octanol–water partition coefficient (Wildman–Crippen LogP) is 2.76. The van der Waals surface area contributed by atoms with E-state index in [-0.39, 0.29) is 5.91 Å². The van der Waals surface area contributed by atoms with Crippen LogP contribution in [0.3, 0.4) is 0 Å². The van der Waals surface area contributed by atoms with Gasteiger partial charge in [0.05, 0.1) is 19.1 Å². The van der Waals surface area contributed by atoms with Crippen LogP contribution in [0.2, 0.25) is 0 Å². The first-order valence-electron chi connectivity index (χ1n) is 10.5. The average molecular weight is 446 g/mol. The molecule has 8 heteroatoms. The van der Waals surface area contributed by atoms with E-state index >= 15 is 0 Å². The highest BCUT2D eigenvalue weighted by atomic mass is 32.2. The molecule has 0 spiro atoms. The van der Waals surface area contributed by atoms with E-state index in [0.717, 1.165) is 35.8 Å². The number of nitrogens with one attached hydrogen (secondary N) is 1. The molecule has 1 saturated heterocycles. The van der Waals surface area contributed by atoms with Gasteiger partial charge in [-0.1, -0.05) is 24.3 Å². The number of rotatable bonds is 9. The summed E-state index contributed by atoms with van der Waals surface area (Å²) in [5, 5.41) is 2.86. The zero-order valence-electron chi connectivity index (χ0n) is 18.4. The molecule has 1 N–H and O–H groups in total. The van der Waals surface area contributed by atoms with Gasteiger partial charge in [-0.05, 0) is 68.2 Å². The molecule has 1 fully saturated rings. The molecule has 0 bridgehead atoms. The SMILES string of the molecule is COc1ccc(N(C(C)C(=O)NCc2ccc(CN3CCCC3)cc2)S(C)(=O)=O)cc1. The maximum atomic E-state index is 12.7. The van der Waals surface area contributed by atoms with Crippen molar-refractivity contribution in [1.82, 2.24) is 10.2 Å². The van der Waals surface area contributed by atoms with Crippen molar-refractivity contribution < 1.29 is 17.9 Å². The van der Waals surface area contributed by atoms with E-state index in [1.54, 1.807) is 38.3 Å². The van der Waals surface area contributed by atoms with Gasteiger partial charge in [0.25, 0.3) is 0 Å². The van der Waals surface area contributed by atoms with Crippen LogP contribution in [0.1, 0.15) is 30.9 Å². The second kappa shape index (κ2) is 10.2. The molecule has 1 aliphatic rings. The van der Waals surface area contributed by atoms with Gasteiger partial charge < -0.3 is 10.1 Å². The summed E-state index contributed by atoms with van der Waals surface area (Å²) in [5.41, 5.74) is 2.64. The Morgan fingerprint density at radius 1 is 1.06 bits per heavy atom. The number of carbonyl (C=O) groups is 1. The zero-order valence-corrected chi connectivity index (χ0v) is 19.2. The first-order valence-corrected chi connectivity index (χ1v) is 12.3. The van der Waals surface area contributed by atoms with Crippen molar-refractivity contribution in [3.8, 4) is 5.75 Å². The molecule has 0 aromatic heterocycles. The van der Waals surface area contributed by atoms with Crippen molar-refractivity contribution in [3.63, 3.8) is 0 Å². The molecule has 1 atom stereocenters. The van der Waals surface area contributed by atoms with Crippen LogP contribution in [0, 0.1) is 0 Å². The summed E-state index contributed by atoms with van der Waals surface area (Å²) in [6, 6.07) is 13.9. The minimum Gasteiger partial charge on any atom is -0.497 e. The second-order valence-electron chi connectivity index (χ2n) is 7.95. The number of benzene rings is 2. The Morgan fingerprint density at radius 2 is 1.65 bits per heavy atom. The van der Waals surface area contributed by atoms with Gasteiger partial charge in [-0.15, -0.1) is 0 Å². The van der Waals surface area contributed by atoms with Crippen LogP contribution in [0.4, 0.5) is 5.69 Å². The van der Waals surface area contributed by atoms with Gasteiger partial charge in [0.15, 0.2) is 0 Å². The number of likely N-dealkylation sites (tertiary alicyclic amines) is 1. The molecule has 7 nitrogen and oxygen atoms in total. The number of amides is 1. The summed E-state index contributed by atoms with van der Waals surface area (Å²) < 4.78 is 31.0. The van der Waals surface area contributed by atoms with Gasteiger partial charge in [-0.3, -0.25) is 14.0 Å². The van der Waals surface area contributed by atoms with Crippen molar-refractivity contribution in [2.75, 3.05) is 30.8 Å². The normalized spacial score (nSPS) is 15.5. The molecule has 1 unspecified atom stereocenters. The van der Waals surface area contributed by atoms with Gasteiger partial charge in [-0.25, -0.2) is 8.42 Å². The van der Waals surface area contributed by atoms with E-state index in [4.69, 9.17) is 4.74 Å². The molecular formula is C23H31N3O4S. The molecule has 0 radical (unpaired) electrons. The van der Waals surface area contributed by atoms with E-state index in [0.29, 0.717) is 18.0 Å². The fourth-order valence-corrected chi connectivity index (χ4v) is 5.01. The van der Waals surface area contributed by atoms with Crippen molar-refractivity contribution in [3.05, 3.63) is 59.7 Å². The Bertz CT molecular complexity index is 969. The Labute approximate surface area is 185 Å². The minimum atomic E-state index is -3.65. The van der Waals surface area contributed by atoms with Crippen LogP contribution >= 0.6 is 0 Å². The molecule has 1 heterocycles. The third kappa shape index (κ3) is 6.21. The minimum absolute atomic E-state index is 0.341. The number of hydrogen-bond donors (Lipinski definition) is 1. The number of methoxy groups -OCH3 is 1. The lowest BCUT2D eigenvalue weighted by molar-refractivity contribution is -0.122. The Kier molecular flexibility index (Phi) is 7.56. The lowest BCUT2D eigenvalue weighted by Gasteiger charge is -2.28. The maximum Gasteiger partial charge on any atom is 0.243 e. The van der Waals surface area contributed by atoms with Crippen LogP contribution in [0.25, 0.3) is 0 Å². The van der Waals surface area contributed by atoms with Crippen LogP contribution in [0.15, 0.2) is 48.5 Å². The van der Waals surface area contributed by atoms with Crippen LogP contribution in [-0.4, -0.2) is 51.7 Å². The molecule has 2 aromatic rings. The third-order valence-corrected chi connectivity index (χ3v) is 6.75. The number of ether oxygens (including phenoxy) is 1. The molecule has 1 amide bonds. The molecule has 31 heavy (non-hydrogen) atoms. The van der Waals surface area contributed by atoms with Gasteiger partial charge >= 0.3 is 0 Å². The third-order valence-electron chi connectivity index (χ3n) is 5.51. The number of nitrogens with zero attached hydrogens (tertiary/aromatic N) is 2. The molecule has 1 aliphatic heterocycles. The summed E-state index contributed by atoms with van der Waals surface area (Å²) in [6.45, 7) is 5.18. The number of anilines is 1. The van der Waals surface area contributed by atoms with Crippen molar-refractivity contribution in [2.24, 2.45) is 0 Å². The van der Waals surface area contributed by atoms with Crippen molar-refractivity contribution in [1.29, 1.82) is 0 Å². The molecule has 3 rings (SSSR count). The topological polar surface area (TPSA) is 79.0 Å². The fraction of sp³-hybridized carbons (Fsp3) is 0.435. The zero-order chi connectivity index (χ0) is 22.4. The molecule has 0 aliphatic carbocycles. The Hall–Kier alpha value is -2.58. The molecular weight excluding hydrogens is 414 g/mol. The monoisotopic (exact) mass is 445 g/mol. The number of carbonyl (C=O) groups excluding carboxylic acids is 1. The molecule has 168 valence electrons. The smallest absolute Gasteiger partial charge is 0.243 e. The van der Waals surface area contributed by atoms with Crippen LogP contribution in [-0.2, 0) is 27.9 Å². The van der Waals surface area contributed by atoms with E-state index in [1.165, 1.54) is 18.4 Å². The van der Waals surface area contributed by atoms with Gasteiger partial charge in [-0.2, -0.15) is 0 Å². The summed E-state index contributed by atoms with van der Waals surface area (Å²) >= 11 is 0. The lowest BCUT2D eigenvalue weighted by atomic mass is 10.1. The summed E-state index contributed by atoms with van der Waals surface area (Å²) in [6.07, 6.45) is 3.63. The van der Waals surface area contributed by atoms with E-state index in [2.05, 4.69) is 22.3 Å². The Morgan fingerprint density at radius 3 is 2.19 bits per heavy atom. The maximum absolute atomic E-state index is 12.7. The largest absolute Gasteiger partial charge is 0.497 e. The average Bonchev–Trinajstić information content (AvgIpc) is 3.25. The second-order valence-corrected chi connectivity index (χ2v) is 9.81. The standard InChI is InChI=1S/C23H31N3O4S/c1-18(26(31(3,28)29)21-10-12-22(30-2)13-11-21)23(27)24-16-19-6-8-20(9-7-19)17-25-14-4-5-15-25/h6-13,18H,4-5,14-17H2,1-3H3,(H,24,27). The first-order chi connectivity index (χ1) is 14.8. The summed E-state index contributed by atoms with van der Waals surface area (Å²) in [5.74, 6) is 0.255. The van der Waals surface area contributed by atoms with Crippen molar-refractivity contribution in [2.45, 2.75) is 38.9 Å². The van der Waals surface area contributed by atoms with Gasteiger partial charge in [0.2, 0.25) is 15.9 Å². The van der Waals surface area contributed by atoms with Gasteiger partial charge in [0, 0.05) is 13.1 Å². The van der Waals surface area contributed by atoms with E-state index in [9.17, 15) is 13.2 Å². The van der Waals surface area contributed by atoms with Crippen LogP contribution in [0.5, 0.6) is 5.75 Å². The quantitative estimate of drug-likeness (QED) is 0.642. The summed E-state index contributed by atoms with van der Waals surface area (Å²) in [7, 11) is -2.11. The van der Waals surface area contributed by atoms with Gasteiger partial charge in [0.1, 0.15) is 11.8 Å².